The Morgan fingerprint density at radius 3 is 2.57 bits per heavy atom. The van der Waals surface area contributed by atoms with Gasteiger partial charge in [-0.05, 0) is 5.56 Å². The maximum absolute atomic E-state index is 5.91. The summed E-state index contributed by atoms with van der Waals surface area (Å²) in [4.78, 5) is 0. The summed E-state index contributed by atoms with van der Waals surface area (Å²) in [5.74, 6) is 0. The average Bonchev–Trinajstić information content (AvgIpc) is 2.25. The number of hydrogen-bond donors (Lipinski definition) is 1. The highest BCUT2D eigenvalue weighted by Crippen LogP contribution is 2.09. The van der Waals surface area contributed by atoms with Gasteiger partial charge in [0.1, 0.15) is 0 Å². The minimum absolute atomic E-state index is 0.0481. The summed E-state index contributed by atoms with van der Waals surface area (Å²) >= 11 is 0. The van der Waals surface area contributed by atoms with Gasteiger partial charge >= 0.3 is 0 Å². The maximum atomic E-state index is 5.91. The fraction of sp³-hybridized carbons (Fsp3) is 0.455. The molecule has 1 atom stereocenters. The summed E-state index contributed by atoms with van der Waals surface area (Å²) in [6, 6.07) is 9.89. The summed E-state index contributed by atoms with van der Waals surface area (Å²) in [7, 11) is 1.65. The smallest absolute Gasteiger partial charge is 0.0701 e. The number of methoxy groups -OCH3 is 1. The summed E-state index contributed by atoms with van der Waals surface area (Å²) in [6.07, 6.45) is 0. The second-order valence-electron chi connectivity index (χ2n) is 3.08. The molecule has 3 nitrogen and oxygen atoms in total. The van der Waals surface area contributed by atoms with Crippen LogP contribution in [0.3, 0.4) is 0 Å². The highest BCUT2D eigenvalue weighted by molar-refractivity contribution is 5.18. The molecule has 0 radical (unpaired) electrons. The van der Waals surface area contributed by atoms with Crippen LogP contribution in [-0.2, 0) is 9.47 Å². The molecule has 0 saturated heterocycles. The van der Waals surface area contributed by atoms with Gasteiger partial charge in [0.25, 0.3) is 0 Å². The van der Waals surface area contributed by atoms with Crippen LogP contribution in [-0.4, -0.2) is 26.9 Å². The quantitative estimate of drug-likeness (QED) is 0.697. The zero-order valence-electron chi connectivity index (χ0n) is 8.48. The van der Waals surface area contributed by atoms with E-state index >= 15 is 0 Å². The Morgan fingerprint density at radius 1 is 1.21 bits per heavy atom. The molecule has 2 N–H and O–H groups in total. The zero-order chi connectivity index (χ0) is 10.2. The molecule has 0 fully saturated rings. The molecule has 3 heteroatoms. The first-order valence-electron chi connectivity index (χ1n) is 4.72. The van der Waals surface area contributed by atoms with Gasteiger partial charge in [0, 0.05) is 7.11 Å². The molecule has 0 aromatic heterocycles. The third-order valence-electron chi connectivity index (χ3n) is 1.96. The number of benzene rings is 1. The Labute approximate surface area is 84.8 Å². The van der Waals surface area contributed by atoms with Crippen molar-refractivity contribution < 1.29 is 9.47 Å². The van der Waals surface area contributed by atoms with Crippen LogP contribution in [0.25, 0.3) is 0 Å². The summed E-state index contributed by atoms with van der Waals surface area (Å²) < 4.78 is 10.2. The molecule has 0 heterocycles. The molecular formula is C11H17NO2. The van der Waals surface area contributed by atoms with Gasteiger partial charge in [0.05, 0.1) is 25.9 Å². The van der Waals surface area contributed by atoms with E-state index in [1.807, 2.05) is 30.3 Å². The number of hydrogen-bond acceptors (Lipinski definition) is 3. The molecule has 0 saturated carbocycles. The van der Waals surface area contributed by atoms with Crippen molar-refractivity contribution in [2.24, 2.45) is 5.73 Å². The topological polar surface area (TPSA) is 44.5 Å². The lowest BCUT2D eigenvalue weighted by Crippen LogP contribution is -2.18. The molecule has 0 unspecified atom stereocenters. The predicted molar refractivity (Wildman–Crippen MR) is 56.1 cm³/mol. The predicted octanol–water partition coefficient (Wildman–Crippen LogP) is 1.35. The van der Waals surface area contributed by atoms with E-state index in [1.54, 1.807) is 7.11 Å². The summed E-state index contributed by atoms with van der Waals surface area (Å²) in [5.41, 5.74) is 7.01. The molecule has 1 rings (SSSR count). The van der Waals surface area contributed by atoms with Crippen molar-refractivity contribution in [1.29, 1.82) is 0 Å². The van der Waals surface area contributed by atoms with Crippen molar-refractivity contribution in [2.45, 2.75) is 6.04 Å². The van der Waals surface area contributed by atoms with E-state index in [-0.39, 0.29) is 6.04 Å². The molecule has 78 valence electrons. The van der Waals surface area contributed by atoms with Crippen molar-refractivity contribution >= 4 is 0 Å². The number of rotatable bonds is 6. The van der Waals surface area contributed by atoms with Crippen LogP contribution < -0.4 is 5.73 Å². The lowest BCUT2D eigenvalue weighted by Gasteiger charge is -2.11. The number of nitrogens with two attached hydrogens (primary N) is 1. The molecule has 0 bridgehead atoms. The Balaban J connectivity index is 2.25. The summed E-state index contributed by atoms with van der Waals surface area (Å²) in [5, 5.41) is 0. The molecule has 0 aliphatic carbocycles. The monoisotopic (exact) mass is 195 g/mol. The highest BCUT2D eigenvalue weighted by atomic mass is 16.5. The second kappa shape index (κ2) is 6.54. The molecule has 14 heavy (non-hydrogen) atoms. The van der Waals surface area contributed by atoms with Crippen LogP contribution in [0.4, 0.5) is 0 Å². The van der Waals surface area contributed by atoms with Gasteiger partial charge in [0.15, 0.2) is 0 Å². The van der Waals surface area contributed by atoms with Gasteiger partial charge in [-0.25, -0.2) is 0 Å². The van der Waals surface area contributed by atoms with Crippen molar-refractivity contribution in [2.75, 3.05) is 26.9 Å². The normalized spacial score (nSPS) is 12.7. The minimum atomic E-state index is -0.0481. The third-order valence-corrected chi connectivity index (χ3v) is 1.96. The zero-order valence-corrected chi connectivity index (χ0v) is 8.48. The van der Waals surface area contributed by atoms with Crippen molar-refractivity contribution in [3.8, 4) is 0 Å². The van der Waals surface area contributed by atoms with Crippen LogP contribution in [0.1, 0.15) is 11.6 Å². The lowest BCUT2D eigenvalue weighted by atomic mass is 10.1. The fourth-order valence-corrected chi connectivity index (χ4v) is 1.15. The maximum Gasteiger partial charge on any atom is 0.0701 e. The lowest BCUT2D eigenvalue weighted by molar-refractivity contribution is 0.0636. The van der Waals surface area contributed by atoms with Gasteiger partial charge < -0.3 is 15.2 Å². The molecule has 1 aromatic carbocycles. The van der Waals surface area contributed by atoms with Crippen LogP contribution in [0.15, 0.2) is 30.3 Å². The Morgan fingerprint density at radius 2 is 1.93 bits per heavy atom. The van der Waals surface area contributed by atoms with Gasteiger partial charge in [-0.15, -0.1) is 0 Å². The first-order valence-corrected chi connectivity index (χ1v) is 4.72. The van der Waals surface area contributed by atoms with E-state index < -0.39 is 0 Å². The SMILES string of the molecule is COCCOC[C@@H](N)c1ccccc1. The van der Waals surface area contributed by atoms with Gasteiger partial charge in [0.2, 0.25) is 0 Å². The third kappa shape index (κ3) is 3.87. The van der Waals surface area contributed by atoms with Gasteiger partial charge in [-0.2, -0.15) is 0 Å². The Bertz CT molecular complexity index is 238. The van der Waals surface area contributed by atoms with E-state index in [0.717, 1.165) is 5.56 Å². The van der Waals surface area contributed by atoms with E-state index in [2.05, 4.69) is 0 Å². The van der Waals surface area contributed by atoms with Crippen LogP contribution >= 0.6 is 0 Å². The van der Waals surface area contributed by atoms with Crippen molar-refractivity contribution in [3.63, 3.8) is 0 Å². The number of ether oxygens (including phenoxy) is 2. The first-order chi connectivity index (χ1) is 6.84. The fourth-order valence-electron chi connectivity index (χ4n) is 1.15. The van der Waals surface area contributed by atoms with Gasteiger partial charge in [-0.3, -0.25) is 0 Å². The minimum Gasteiger partial charge on any atom is -0.382 e. The Hall–Kier alpha value is -0.900. The summed E-state index contributed by atoms with van der Waals surface area (Å²) in [6.45, 7) is 1.74. The molecular weight excluding hydrogens is 178 g/mol. The largest absolute Gasteiger partial charge is 0.382 e. The first kappa shape index (κ1) is 11.2. The van der Waals surface area contributed by atoms with Crippen LogP contribution in [0.5, 0.6) is 0 Å². The van der Waals surface area contributed by atoms with Gasteiger partial charge in [-0.1, -0.05) is 30.3 Å². The molecule has 0 spiro atoms. The van der Waals surface area contributed by atoms with E-state index in [9.17, 15) is 0 Å². The van der Waals surface area contributed by atoms with Crippen LogP contribution in [0.2, 0.25) is 0 Å². The van der Waals surface area contributed by atoms with E-state index in [4.69, 9.17) is 15.2 Å². The standard InChI is InChI=1S/C11H17NO2/c1-13-7-8-14-9-11(12)10-5-3-2-4-6-10/h2-6,11H,7-9,12H2,1H3/t11-/m1/s1. The molecule has 0 aliphatic heterocycles. The molecule has 0 aliphatic rings. The average molecular weight is 195 g/mol. The van der Waals surface area contributed by atoms with Crippen molar-refractivity contribution in [3.05, 3.63) is 35.9 Å². The van der Waals surface area contributed by atoms with E-state index in [0.29, 0.717) is 19.8 Å². The second-order valence-corrected chi connectivity index (χ2v) is 3.08. The molecule has 1 aromatic rings. The Kier molecular flexibility index (Phi) is 5.22. The van der Waals surface area contributed by atoms with Crippen LogP contribution in [0, 0.1) is 0 Å². The molecule has 0 amide bonds. The van der Waals surface area contributed by atoms with E-state index in [1.165, 1.54) is 0 Å². The van der Waals surface area contributed by atoms with Crippen molar-refractivity contribution in [1.82, 2.24) is 0 Å². The highest BCUT2D eigenvalue weighted by Gasteiger charge is 2.04.